The minimum absolute atomic E-state index is 0.0966. The van der Waals surface area contributed by atoms with Crippen molar-refractivity contribution in [2.75, 3.05) is 38.4 Å². The molecular weight excluding hydrogens is 517 g/mol. The highest BCUT2D eigenvalue weighted by atomic mass is 35.5. The van der Waals surface area contributed by atoms with Crippen molar-refractivity contribution in [3.63, 3.8) is 0 Å². The zero-order valence-electron chi connectivity index (χ0n) is 20.2. The van der Waals surface area contributed by atoms with Gasteiger partial charge in [0.1, 0.15) is 24.1 Å². The van der Waals surface area contributed by atoms with Gasteiger partial charge in [-0.2, -0.15) is 0 Å². The molecule has 2 aromatic rings. The SMILES string of the molecule is CC[C@H](C(=O)NC)N(Cc1c(Cl)cccc1Cl)C(=O)CN(c1ccc(OC)cc1OC)S(C)(=O)=O. The molecule has 0 aromatic heterocycles. The number of hydrogen-bond acceptors (Lipinski definition) is 6. The van der Waals surface area contributed by atoms with Crippen LogP contribution in [0.4, 0.5) is 5.69 Å². The number of ether oxygens (including phenoxy) is 2. The number of sulfonamides is 1. The number of amides is 2. The fraction of sp³-hybridized carbons (Fsp3) is 0.391. The molecule has 192 valence electrons. The van der Waals surface area contributed by atoms with Crippen LogP contribution in [0.15, 0.2) is 36.4 Å². The molecule has 12 heteroatoms. The number of nitrogens with one attached hydrogen (secondary N) is 1. The molecule has 1 atom stereocenters. The fourth-order valence-corrected chi connectivity index (χ4v) is 4.90. The zero-order valence-corrected chi connectivity index (χ0v) is 22.5. The fourth-order valence-electron chi connectivity index (χ4n) is 3.53. The second-order valence-electron chi connectivity index (χ2n) is 7.57. The summed E-state index contributed by atoms with van der Waals surface area (Å²) in [6, 6.07) is 8.57. The molecule has 35 heavy (non-hydrogen) atoms. The molecule has 9 nitrogen and oxygen atoms in total. The van der Waals surface area contributed by atoms with Gasteiger partial charge in [-0.3, -0.25) is 13.9 Å². The van der Waals surface area contributed by atoms with E-state index in [4.69, 9.17) is 32.7 Å². The Kier molecular flexibility index (Phi) is 10.1. The van der Waals surface area contributed by atoms with Crippen molar-refractivity contribution in [2.24, 2.45) is 0 Å². The first-order chi connectivity index (χ1) is 16.5. The van der Waals surface area contributed by atoms with Crippen molar-refractivity contribution >= 4 is 50.7 Å². The number of hydrogen-bond donors (Lipinski definition) is 1. The molecule has 0 radical (unpaired) electrons. The lowest BCUT2D eigenvalue weighted by Crippen LogP contribution is -2.51. The molecule has 0 heterocycles. The zero-order chi connectivity index (χ0) is 26.3. The quantitative estimate of drug-likeness (QED) is 0.464. The second kappa shape index (κ2) is 12.3. The second-order valence-corrected chi connectivity index (χ2v) is 10.3. The first-order valence-electron chi connectivity index (χ1n) is 10.6. The summed E-state index contributed by atoms with van der Waals surface area (Å²) in [6.07, 6.45) is 1.26. The third-order valence-corrected chi connectivity index (χ3v) is 7.19. The third-order valence-electron chi connectivity index (χ3n) is 5.36. The molecule has 0 bridgehead atoms. The van der Waals surface area contributed by atoms with E-state index in [1.54, 1.807) is 31.2 Å². The van der Waals surface area contributed by atoms with Crippen molar-refractivity contribution in [1.82, 2.24) is 10.2 Å². The number of rotatable bonds is 11. The van der Waals surface area contributed by atoms with Gasteiger partial charge >= 0.3 is 0 Å². The average Bonchev–Trinajstić information content (AvgIpc) is 2.82. The summed E-state index contributed by atoms with van der Waals surface area (Å²) in [5.74, 6) is -0.385. The number of benzene rings is 2. The van der Waals surface area contributed by atoms with Crippen molar-refractivity contribution in [3.05, 3.63) is 52.0 Å². The summed E-state index contributed by atoms with van der Waals surface area (Å²) >= 11 is 12.6. The van der Waals surface area contributed by atoms with Gasteiger partial charge < -0.3 is 19.7 Å². The van der Waals surface area contributed by atoms with Crippen LogP contribution in [0.2, 0.25) is 10.0 Å². The van der Waals surface area contributed by atoms with Crippen LogP contribution in [-0.2, 0) is 26.2 Å². The van der Waals surface area contributed by atoms with E-state index in [9.17, 15) is 18.0 Å². The summed E-state index contributed by atoms with van der Waals surface area (Å²) in [7, 11) is 0.372. The van der Waals surface area contributed by atoms with Crippen molar-refractivity contribution in [3.8, 4) is 11.5 Å². The van der Waals surface area contributed by atoms with E-state index >= 15 is 0 Å². The van der Waals surface area contributed by atoms with Gasteiger partial charge in [-0.25, -0.2) is 8.42 Å². The number of likely N-dealkylation sites (N-methyl/N-ethyl adjacent to an activating group) is 1. The van der Waals surface area contributed by atoms with Crippen LogP contribution in [0.3, 0.4) is 0 Å². The molecule has 0 fully saturated rings. The van der Waals surface area contributed by atoms with E-state index in [2.05, 4.69) is 5.32 Å². The predicted molar refractivity (Wildman–Crippen MR) is 137 cm³/mol. The highest BCUT2D eigenvalue weighted by Crippen LogP contribution is 2.34. The lowest BCUT2D eigenvalue weighted by Gasteiger charge is -2.33. The molecule has 1 N–H and O–H groups in total. The van der Waals surface area contributed by atoms with Gasteiger partial charge in [0.25, 0.3) is 0 Å². The Hall–Kier alpha value is -2.69. The number of carbonyl (C=O) groups is 2. The van der Waals surface area contributed by atoms with Gasteiger partial charge in [-0.05, 0) is 30.7 Å². The van der Waals surface area contributed by atoms with Gasteiger partial charge in [0, 0.05) is 35.3 Å². The maximum absolute atomic E-state index is 13.6. The Labute approximate surface area is 215 Å². The molecule has 0 aliphatic heterocycles. The standard InChI is InChI=1S/C23H29Cl2N3O6S/c1-6-19(23(30)26-2)27(13-16-17(24)8-7-9-18(16)25)22(29)14-28(35(5,31)32)20-11-10-15(33-3)12-21(20)34-4/h7-12,19H,6,13-14H2,1-5H3,(H,26,30)/t19-/m1/s1. The smallest absolute Gasteiger partial charge is 0.244 e. The molecule has 2 rings (SSSR count). The van der Waals surface area contributed by atoms with Crippen molar-refractivity contribution in [1.29, 1.82) is 0 Å². The van der Waals surface area contributed by atoms with E-state index in [1.807, 2.05) is 0 Å². The first kappa shape index (κ1) is 28.5. The summed E-state index contributed by atoms with van der Waals surface area (Å²) in [5, 5.41) is 3.18. The monoisotopic (exact) mass is 545 g/mol. The Morgan fingerprint density at radius 2 is 1.71 bits per heavy atom. The molecule has 0 saturated heterocycles. The van der Waals surface area contributed by atoms with Crippen LogP contribution in [0.5, 0.6) is 11.5 Å². The number of nitrogens with zero attached hydrogens (tertiary/aromatic N) is 2. The molecule has 0 spiro atoms. The summed E-state index contributed by atoms with van der Waals surface area (Å²) in [6.45, 7) is 1.06. The number of carbonyl (C=O) groups excluding carboxylic acids is 2. The topological polar surface area (TPSA) is 105 Å². The maximum atomic E-state index is 13.6. The highest BCUT2D eigenvalue weighted by molar-refractivity contribution is 7.92. The summed E-state index contributed by atoms with van der Waals surface area (Å²) in [4.78, 5) is 27.5. The predicted octanol–water partition coefficient (Wildman–Crippen LogP) is 3.33. The number of anilines is 1. The maximum Gasteiger partial charge on any atom is 0.244 e. The largest absolute Gasteiger partial charge is 0.497 e. The van der Waals surface area contributed by atoms with Crippen molar-refractivity contribution in [2.45, 2.75) is 25.9 Å². The normalized spacial score (nSPS) is 12.0. The van der Waals surface area contributed by atoms with Gasteiger partial charge in [-0.15, -0.1) is 0 Å². The molecule has 0 aliphatic carbocycles. The van der Waals surface area contributed by atoms with E-state index in [-0.39, 0.29) is 24.4 Å². The van der Waals surface area contributed by atoms with Crippen LogP contribution >= 0.6 is 23.2 Å². The average molecular weight is 546 g/mol. The van der Waals surface area contributed by atoms with Gasteiger partial charge in [0.15, 0.2) is 0 Å². The lowest BCUT2D eigenvalue weighted by atomic mass is 10.1. The Bertz CT molecular complexity index is 1160. The van der Waals surface area contributed by atoms with Gasteiger partial charge in [0.2, 0.25) is 21.8 Å². The minimum atomic E-state index is -3.93. The minimum Gasteiger partial charge on any atom is -0.497 e. The molecule has 0 aliphatic rings. The van der Waals surface area contributed by atoms with E-state index in [0.717, 1.165) is 10.6 Å². The number of methoxy groups -OCH3 is 2. The van der Waals surface area contributed by atoms with Crippen LogP contribution in [0, 0.1) is 0 Å². The van der Waals surface area contributed by atoms with Gasteiger partial charge in [0.05, 0.1) is 26.2 Å². The van der Waals surface area contributed by atoms with E-state index in [1.165, 1.54) is 38.3 Å². The van der Waals surface area contributed by atoms with E-state index in [0.29, 0.717) is 21.4 Å². The Morgan fingerprint density at radius 1 is 1.09 bits per heavy atom. The van der Waals surface area contributed by atoms with Crippen LogP contribution in [0.25, 0.3) is 0 Å². The first-order valence-corrected chi connectivity index (χ1v) is 13.2. The Balaban J connectivity index is 2.55. The van der Waals surface area contributed by atoms with Crippen molar-refractivity contribution < 1.29 is 27.5 Å². The molecule has 0 saturated carbocycles. The van der Waals surface area contributed by atoms with Gasteiger partial charge in [-0.1, -0.05) is 36.2 Å². The van der Waals surface area contributed by atoms with E-state index < -0.39 is 34.4 Å². The molecule has 2 aromatic carbocycles. The molecule has 0 unspecified atom stereocenters. The van der Waals surface area contributed by atoms with Crippen LogP contribution in [0.1, 0.15) is 18.9 Å². The van der Waals surface area contributed by atoms with Crippen LogP contribution < -0.4 is 19.1 Å². The number of halogens is 2. The summed E-state index contributed by atoms with van der Waals surface area (Å²) in [5.41, 5.74) is 0.590. The lowest BCUT2D eigenvalue weighted by molar-refractivity contribution is -0.140. The molecule has 2 amide bonds. The molecular formula is C23H29Cl2N3O6S. The highest BCUT2D eigenvalue weighted by Gasteiger charge is 2.33. The van der Waals surface area contributed by atoms with Crippen LogP contribution in [-0.4, -0.2) is 65.2 Å². The summed E-state index contributed by atoms with van der Waals surface area (Å²) < 4.78 is 37.0. The third kappa shape index (κ3) is 6.93. The Morgan fingerprint density at radius 3 is 2.20 bits per heavy atom.